The van der Waals surface area contributed by atoms with Gasteiger partial charge in [-0.25, -0.2) is 4.98 Å². The molecule has 0 spiro atoms. The molecule has 0 saturated heterocycles. The summed E-state index contributed by atoms with van der Waals surface area (Å²) in [6, 6.07) is 64.3. The number of nitrogens with zero attached hydrogens (tertiary/aromatic N) is 3. The number of hydrogen-bond donors (Lipinski definition) is 0. The molecule has 0 atom stereocenters. The number of fused-ring (bicyclic) bond motifs is 1. The fraction of sp³-hybridized carbons (Fsp3) is 0.167. The predicted molar refractivity (Wildman–Crippen MR) is 293 cm³/mol. The van der Waals surface area contributed by atoms with Gasteiger partial charge in [0.1, 0.15) is 5.82 Å². The zero-order chi connectivity index (χ0) is 51.4. The second-order valence-corrected chi connectivity index (χ2v) is 20.5. The Morgan fingerprint density at radius 2 is 1.11 bits per heavy atom. The SMILES string of the molecule is [2H]C([2H])([2H])c1cc(-c2cc(C(C)(C)C)cc(C(C)(C)C)c2)ccc1-n1c(-c2cc(C)cc(C)c2O[CH2-])nc2c(-c3[c-]c(-c4cc(-c5ccc(-c6ccccc6)cc5)ccn4)cc(-c4ccccc4)c3)cccc21.[Pt+2]. The van der Waals surface area contributed by atoms with Gasteiger partial charge < -0.3 is 4.74 Å². The summed E-state index contributed by atoms with van der Waals surface area (Å²) in [5.74, 6) is 1.09. The topological polar surface area (TPSA) is 39.9 Å². The standard InChI is InChI=1S/C66H59N3O.Pt/c1-42-32-44(3)63(70-10)58(33-42)64-68-62-57(22-17-23-61(62)69(64)60-29-28-49(34-43(60)2)52-38-55(65(4,5)6)41-56(39-52)66(7,8)9)53-35-51(46-20-15-12-16-21-46)36-54(37-53)59-40-50(30-31-67-59)48-26-24-47(25-27-48)45-18-13-11-14-19-45;/h11-36,38-41H,10H2,1-9H3;/q-2;+2/i2D3;. The summed E-state index contributed by atoms with van der Waals surface area (Å²) in [4.78, 5) is 10.5. The zero-order valence-electron chi connectivity index (χ0n) is 44.6. The maximum absolute atomic E-state index is 9.14. The Balaban J connectivity index is 0.00000672. The van der Waals surface area contributed by atoms with E-state index < -0.39 is 6.85 Å². The van der Waals surface area contributed by atoms with E-state index >= 15 is 0 Å². The number of imidazole rings is 1. The number of pyridine rings is 1. The van der Waals surface area contributed by atoms with E-state index in [0.717, 1.165) is 78.0 Å². The summed E-state index contributed by atoms with van der Waals surface area (Å²) < 4.78 is 35.3. The number of ether oxygens (including phenoxy) is 1. The van der Waals surface area contributed by atoms with E-state index in [2.05, 4.69) is 164 Å². The fourth-order valence-electron chi connectivity index (χ4n) is 9.52. The molecule has 0 amide bonds. The van der Waals surface area contributed by atoms with Gasteiger partial charge in [0.25, 0.3) is 0 Å². The number of benzene rings is 8. The van der Waals surface area contributed by atoms with Gasteiger partial charge in [-0.15, -0.1) is 23.8 Å². The van der Waals surface area contributed by atoms with Crippen LogP contribution >= 0.6 is 0 Å². The van der Waals surface area contributed by atoms with E-state index in [0.29, 0.717) is 28.3 Å². The van der Waals surface area contributed by atoms with Crippen LogP contribution in [0.5, 0.6) is 5.75 Å². The van der Waals surface area contributed by atoms with Crippen molar-refractivity contribution in [3.8, 4) is 89.7 Å². The Morgan fingerprint density at radius 1 is 0.535 bits per heavy atom. The molecular formula is C66H59N3OPt. The van der Waals surface area contributed by atoms with Crippen molar-refractivity contribution in [3.05, 3.63) is 223 Å². The van der Waals surface area contributed by atoms with Crippen LogP contribution in [-0.2, 0) is 31.9 Å². The van der Waals surface area contributed by atoms with Crippen molar-refractivity contribution in [1.82, 2.24) is 14.5 Å². The monoisotopic (exact) mass is 1110 g/mol. The molecule has 2 heterocycles. The number of para-hydroxylation sites is 1. The normalized spacial score (nSPS) is 12.5. The molecule has 8 aromatic carbocycles. The van der Waals surface area contributed by atoms with E-state index in [-0.39, 0.29) is 37.5 Å². The molecule has 0 aliphatic rings. The molecule has 5 heteroatoms. The van der Waals surface area contributed by atoms with Crippen molar-refractivity contribution < 1.29 is 29.9 Å². The van der Waals surface area contributed by atoms with Crippen LogP contribution in [-0.4, -0.2) is 14.5 Å². The van der Waals surface area contributed by atoms with Crippen LogP contribution < -0.4 is 4.74 Å². The molecular weight excluding hydrogens is 1050 g/mol. The third-order valence-corrected chi connectivity index (χ3v) is 13.4. The molecule has 10 aromatic rings. The first-order chi connectivity index (χ1) is 34.8. The van der Waals surface area contributed by atoms with E-state index in [9.17, 15) is 0 Å². The Kier molecular flexibility index (Phi) is 12.4. The van der Waals surface area contributed by atoms with Gasteiger partial charge in [-0.2, -0.15) is 7.11 Å². The van der Waals surface area contributed by atoms with Gasteiger partial charge in [0.2, 0.25) is 0 Å². The van der Waals surface area contributed by atoms with Crippen molar-refractivity contribution in [2.24, 2.45) is 0 Å². The minimum Gasteiger partial charge on any atom is -0.665 e. The molecule has 4 nitrogen and oxygen atoms in total. The molecule has 0 saturated carbocycles. The second kappa shape index (κ2) is 19.6. The third-order valence-electron chi connectivity index (χ3n) is 13.4. The number of rotatable bonds is 9. The van der Waals surface area contributed by atoms with Crippen LogP contribution in [0.1, 0.15) is 73.5 Å². The van der Waals surface area contributed by atoms with Gasteiger partial charge in [-0.05, 0) is 129 Å². The van der Waals surface area contributed by atoms with Gasteiger partial charge in [-0.1, -0.05) is 192 Å². The van der Waals surface area contributed by atoms with E-state index in [1.807, 2.05) is 91.3 Å². The first kappa shape index (κ1) is 45.0. The first-order valence-electron chi connectivity index (χ1n) is 25.5. The minimum atomic E-state index is -2.50. The average molecular weight is 1110 g/mol. The summed E-state index contributed by atoms with van der Waals surface area (Å²) in [5, 5.41) is 0. The van der Waals surface area contributed by atoms with Crippen LogP contribution in [0.4, 0.5) is 0 Å². The van der Waals surface area contributed by atoms with E-state index in [1.165, 1.54) is 16.7 Å². The number of aryl methyl sites for hydroxylation is 3. The summed E-state index contributed by atoms with van der Waals surface area (Å²) in [7, 11) is 3.89. The Morgan fingerprint density at radius 3 is 1.75 bits per heavy atom. The van der Waals surface area contributed by atoms with Gasteiger partial charge in [-0.3, -0.25) is 9.55 Å². The maximum Gasteiger partial charge on any atom is 2.00 e. The molecule has 10 rings (SSSR count). The van der Waals surface area contributed by atoms with Crippen molar-refractivity contribution in [2.45, 2.75) is 73.1 Å². The van der Waals surface area contributed by atoms with Crippen LogP contribution in [0.25, 0.3) is 95.0 Å². The van der Waals surface area contributed by atoms with Gasteiger partial charge >= 0.3 is 21.1 Å². The van der Waals surface area contributed by atoms with Gasteiger partial charge in [0, 0.05) is 16.0 Å². The largest absolute Gasteiger partial charge is 2.00 e. The Bertz CT molecular complexity index is 3650. The average Bonchev–Trinajstić information content (AvgIpc) is 3.78. The van der Waals surface area contributed by atoms with Crippen LogP contribution in [0, 0.1) is 33.9 Å². The first-order valence-corrected chi connectivity index (χ1v) is 24.0. The fourth-order valence-corrected chi connectivity index (χ4v) is 9.52. The third kappa shape index (κ3) is 9.84. The van der Waals surface area contributed by atoms with Crippen molar-refractivity contribution >= 4 is 11.0 Å². The molecule has 0 aliphatic carbocycles. The number of hydrogen-bond acceptors (Lipinski definition) is 3. The molecule has 354 valence electrons. The van der Waals surface area contributed by atoms with E-state index in [4.69, 9.17) is 18.8 Å². The Labute approximate surface area is 439 Å². The Hall–Kier alpha value is -7.13. The van der Waals surface area contributed by atoms with Crippen LogP contribution in [0.15, 0.2) is 182 Å². The quantitative estimate of drug-likeness (QED) is 0.135. The molecule has 0 fully saturated rings. The predicted octanol–water partition coefficient (Wildman–Crippen LogP) is 17.6. The van der Waals surface area contributed by atoms with Crippen LogP contribution in [0.2, 0.25) is 0 Å². The van der Waals surface area contributed by atoms with Gasteiger partial charge in [0.15, 0.2) is 0 Å². The van der Waals surface area contributed by atoms with Crippen molar-refractivity contribution in [2.75, 3.05) is 0 Å². The summed E-state index contributed by atoms with van der Waals surface area (Å²) in [5.41, 5.74) is 18.3. The molecule has 0 bridgehead atoms. The molecule has 71 heavy (non-hydrogen) atoms. The van der Waals surface area contributed by atoms with E-state index in [1.54, 1.807) is 0 Å². The molecule has 0 unspecified atom stereocenters. The number of aromatic nitrogens is 3. The smallest absolute Gasteiger partial charge is 0.665 e. The summed E-state index contributed by atoms with van der Waals surface area (Å²) >= 11 is 0. The zero-order valence-corrected chi connectivity index (χ0v) is 43.9. The summed E-state index contributed by atoms with van der Waals surface area (Å²) in [6.45, 7) is 14.8. The molecule has 0 radical (unpaired) electrons. The maximum atomic E-state index is 9.14. The molecule has 2 aromatic heterocycles. The van der Waals surface area contributed by atoms with Crippen molar-refractivity contribution in [1.29, 1.82) is 0 Å². The summed E-state index contributed by atoms with van der Waals surface area (Å²) in [6.07, 6.45) is 1.86. The van der Waals surface area contributed by atoms with Gasteiger partial charge in [0.05, 0.1) is 28.0 Å². The molecule has 0 aliphatic heterocycles. The van der Waals surface area contributed by atoms with Crippen LogP contribution in [0.3, 0.4) is 0 Å². The van der Waals surface area contributed by atoms with Crippen molar-refractivity contribution in [3.63, 3.8) is 0 Å². The minimum absolute atomic E-state index is 0. The molecule has 0 N–H and O–H groups in total. The second-order valence-electron chi connectivity index (χ2n) is 20.5.